The van der Waals surface area contributed by atoms with Crippen LogP contribution in [0.25, 0.3) is 10.9 Å². The van der Waals surface area contributed by atoms with Crippen LogP contribution in [0.2, 0.25) is 0 Å². The van der Waals surface area contributed by atoms with Crippen molar-refractivity contribution >= 4 is 16.8 Å². The highest BCUT2D eigenvalue weighted by Crippen LogP contribution is 2.17. The van der Waals surface area contributed by atoms with Crippen molar-refractivity contribution in [1.29, 1.82) is 5.26 Å². The SMILES string of the molecule is Cc1nn(CCC#N)c(C)c1CCC(=O)N(C)Cc1nc(C)c2ccccc2n1. The van der Waals surface area contributed by atoms with E-state index in [0.717, 1.165) is 33.5 Å². The number of nitrogens with zero attached hydrogens (tertiary/aromatic N) is 6. The maximum absolute atomic E-state index is 12.7. The van der Waals surface area contributed by atoms with Crippen molar-refractivity contribution in [3.8, 4) is 6.07 Å². The molecule has 0 N–H and O–H groups in total. The number of nitriles is 1. The second-order valence-electron chi connectivity index (χ2n) is 7.27. The molecule has 0 aliphatic carbocycles. The summed E-state index contributed by atoms with van der Waals surface area (Å²) in [6, 6.07) is 10.0. The molecule has 3 rings (SSSR count). The first-order valence-corrected chi connectivity index (χ1v) is 9.76. The van der Waals surface area contributed by atoms with Gasteiger partial charge in [0.1, 0.15) is 5.82 Å². The second kappa shape index (κ2) is 8.82. The van der Waals surface area contributed by atoms with Crippen LogP contribution < -0.4 is 0 Å². The average Bonchev–Trinajstić information content (AvgIpc) is 2.97. The van der Waals surface area contributed by atoms with Gasteiger partial charge in [0.25, 0.3) is 0 Å². The van der Waals surface area contributed by atoms with E-state index in [0.29, 0.717) is 38.2 Å². The molecule has 1 aromatic carbocycles. The third-order valence-corrected chi connectivity index (χ3v) is 5.20. The fourth-order valence-electron chi connectivity index (χ4n) is 3.56. The van der Waals surface area contributed by atoms with Crippen molar-refractivity contribution in [3.05, 3.63) is 52.7 Å². The number of para-hydroxylation sites is 1. The summed E-state index contributed by atoms with van der Waals surface area (Å²) >= 11 is 0. The van der Waals surface area contributed by atoms with Gasteiger partial charge >= 0.3 is 0 Å². The predicted molar refractivity (Wildman–Crippen MR) is 111 cm³/mol. The van der Waals surface area contributed by atoms with Gasteiger partial charge in [-0.15, -0.1) is 0 Å². The Hall–Kier alpha value is -3.27. The number of carbonyl (C=O) groups is 1. The number of carbonyl (C=O) groups excluding carboxylic acids is 1. The van der Waals surface area contributed by atoms with E-state index in [-0.39, 0.29) is 5.91 Å². The summed E-state index contributed by atoms with van der Waals surface area (Å²) in [6.07, 6.45) is 1.45. The van der Waals surface area contributed by atoms with Crippen LogP contribution in [-0.4, -0.2) is 37.6 Å². The summed E-state index contributed by atoms with van der Waals surface area (Å²) in [5.41, 5.74) is 4.85. The second-order valence-corrected chi connectivity index (χ2v) is 7.27. The zero-order valence-electron chi connectivity index (χ0n) is 17.4. The first kappa shape index (κ1) is 20.5. The standard InChI is InChI=1S/C22H26N6O/c1-15-19-8-5-6-9-20(19)25-21(24-15)14-27(4)22(29)11-10-18-16(2)26-28(17(18)3)13-7-12-23/h5-6,8-9H,7,10-11,13-14H2,1-4H3. The van der Waals surface area contributed by atoms with Gasteiger partial charge in [0, 0.05) is 30.2 Å². The molecule has 0 fully saturated rings. The van der Waals surface area contributed by atoms with E-state index < -0.39 is 0 Å². The Kier molecular flexibility index (Phi) is 6.23. The van der Waals surface area contributed by atoms with Gasteiger partial charge < -0.3 is 4.90 Å². The van der Waals surface area contributed by atoms with Crippen molar-refractivity contribution in [2.45, 2.75) is 53.1 Å². The highest BCUT2D eigenvalue weighted by atomic mass is 16.2. The Morgan fingerprint density at radius 1 is 1.17 bits per heavy atom. The Morgan fingerprint density at radius 3 is 2.69 bits per heavy atom. The molecule has 150 valence electrons. The third kappa shape index (κ3) is 4.60. The molecule has 0 aliphatic rings. The summed E-state index contributed by atoms with van der Waals surface area (Å²) in [5.74, 6) is 0.691. The van der Waals surface area contributed by atoms with Crippen molar-refractivity contribution in [2.75, 3.05) is 7.05 Å². The quantitative estimate of drug-likeness (QED) is 0.618. The number of aromatic nitrogens is 4. The van der Waals surface area contributed by atoms with Gasteiger partial charge in [-0.05, 0) is 38.8 Å². The molecule has 0 saturated heterocycles. The largest absolute Gasteiger partial charge is 0.338 e. The zero-order valence-corrected chi connectivity index (χ0v) is 17.4. The third-order valence-electron chi connectivity index (χ3n) is 5.20. The van der Waals surface area contributed by atoms with Crippen molar-refractivity contribution in [2.24, 2.45) is 0 Å². The van der Waals surface area contributed by atoms with Gasteiger partial charge in [0.15, 0.2) is 0 Å². The van der Waals surface area contributed by atoms with Crippen LogP contribution in [0.15, 0.2) is 24.3 Å². The lowest BCUT2D eigenvalue weighted by molar-refractivity contribution is -0.130. The lowest BCUT2D eigenvalue weighted by Crippen LogP contribution is -2.27. The molecule has 0 unspecified atom stereocenters. The molecule has 2 aromatic heterocycles. The van der Waals surface area contributed by atoms with Crippen LogP contribution in [0.1, 0.15) is 41.3 Å². The van der Waals surface area contributed by atoms with Gasteiger partial charge in [-0.25, -0.2) is 9.97 Å². The molecule has 29 heavy (non-hydrogen) atoms. The van der Waals surface area contributed by atoms with Gasteiger partial charge in [0.2, 0.25) is 5.91 Å². The summed E-state index contributed by atoms with van der Waals surface area (Å²) in [4.78, 5) is 23.5. The number of rotatable bonds is 7. The minimum absolute atomic E-state index is 0.0444. The van der Waals surface area contributed by atoms with Crippen molar-refractivity contribution in [1.82, 2.24) is 24.6 Å². The van der Waals surface area contributed by atoms with E-state index in [2.05, 4.69) is 21.1 Å². The summed E-state index contributed by atoms with van der Waals surface area (Å²) in [7, 11) is 1.78. The maximum Gasteiger partial charge on any atom is 0.223 e. The smallest absolute Gasteiger partial charge is 0.223 e. The van der Waals surface area contributed by atoms with Gasteiger partial charge in [-0.1, -0.05) is 18.2 Å². The molecule has 3 aromatic rings. The van der Waals surface area contributed by atoms with E-state index in [9.17, 15) is 4.79 Å². The average molecular weight is 390 g/mol. The highest BCUT2D eigenvalue weighted by Gasteiger charge is 2.16. The molecule has 0 bridgehead atoms. The molecule has 2 heterocycles. The molecule has 0 atom stereocenters. The van der Waals surface area contributed by atoms with E-state index in [1.165, 1.54) is 0 Å². The lowest BCUT2D eigenvalue weighted by Gasteiger charge is -2.17. The summed E-state index contributed by atoms with van der Waals surface area (Å²) in [6.45, 7) is 6.86. The predicted octanol–water partition coefficient (Wildman–Crippen LogP) is 3.26. The molecule has 1 amide bonds. The molecule has 7 heteroatoms. The topological polar surface area (TPSA) is 87.7 Å². The molecule has 0 spiro atoms. The summed E-state index contributed by atoms with van der Waals surface area (Å²) < 4.78 is 1.85. The number of aryl methyl sites for hydroxylation is 3. The van der Waals surface area contributed by atoms with E-state index in [1.54, 1.807) is 11.9 Å². The molecule has 0 saturated carbocycles. The Labute approximate surface area is 171 Å². The maximum atomic E-state index is 12.7. The first-order valence-electron chi connectivity index (χ1n) is 9.76. The molecule has 0 aliphatic heterocycles. The van der Waals surface area contributed by atoms with Crippen LogP contribution in [0.5, 0.6) is 0 Å². The molecule has 0 radical (unpaired) electrons. The molecular formula is C22H26N6O. The van der Waals surface area contributed by atoms with Gasteiger partial charge in [0.05, 0.1) is 36.8 Å². The Balaban J connectivity index is 1.64. The van der Waals surface area contributed by atoms with Crippen LogP contribution in [0.3, 0.4) is 0 Å². The minimum atomic E-state index is 0.0444. The number of fused-ring (bicyclic) bond motifs is 1. The normalized spacial score (nSPS) is 10.9. The van der Waals surface area contributed by atoms with Gasteiger partial charge in [-0.2, -0.15) is 10.4 Å². The molecule has 7 nitrogen and oxygen atoms in total. The monoisotopic (exact) mass is 390 g/mol. The van der Waals surface area contributed by atoms with E-state index >= 15 is 0 Å². The van der Waals surface area contributed by atoms with E-state index in [1.807, 2.05) is 49.7 Å². The van der Waals surface area contributed by atoms with Crippen molar-refractivity contribution in [3.63, 3.8) is 0 Å². The van der Waals surface area contributed by atoms with Crippen LogP contribution in [0.4, 0.5) is 0 Å². The number of benzene rings is 1. The van der Waals surface area contributed by atoms with Crippen LogP contribution >= 0.6 is 0 Å². The van der Waals surface area contributed by atoms with E-state index in [4.69, 9.17) is 5.26 Å². The van der Waals surface area contributed by atoms with Crippen LogP contribution in [0, 0.1) is 32.1 Å². The fourth-order valence-corrected chi connectivity index (χ4v) is 3.56. The van der Waals surface area contributed by atoms with Gasteiger partial charge in [-0.3, -0.25) is 9.48 Å². The number of amides is 1. The fraction of sp³-hybridized carbons (Fsp3) is 0.409. The zero-order chi connectivity index (χ0) is 21.0. The number of hydrogen-bond donors (Lipinski definition) is 0. The first-order chi connectivity index (χ1) is 13.9. The molecular weight excluding hydrogens is 364 g/mol. The number of hydrogen-bond acceptors (Lipinski definition) is 5. The Bertz CT molecular complexity index is 1080. The minimum Gasteiger partial charge on any atom is -0.338 e. The van der Waals surface area contributed by atoms with Crippen molar-refractivity contribution < 1.29 is 4.79 Å². The summed E-state index contributed by atoms with van der Waals surface area (Å²) in [5, 5.41) is 14.3. The highest BCUT2D eigenvalue weighted by molar-refractivity contribution is 5.80. The Morgan fingerprint density at radius 2 is 1.93 bits per heavy atom. The lowest BCUT2D eigenvalue weighted by atomic mass is 10.1. The van der Waals surface area contributed by atoms with Crippen LogP contribution in [-0.2, 0) is 24.3 Å².